The van der Waals surface area contributed by atoms with Crippen LogP contribution in [0.3, 0.4) is 0 Å². The van der Waals surface area contributed by atoms with Crippen molar-refractivity contribution in [3.8, 4) is 0 Å². The number of nitrogens with zero attached hydrogens (tertiary/aromatic N) is 3. The van der Waals surface area contributed by atoms with Gasteiger partial charge in [-0.1, -0.05) is 18.2 Å². The van der Waals surface area contributed by atoms with Crippen molar-refractivity contribution in [1.82, 2.24) is 20.4 Å². The molecule has 1 aromatic carbocycles. The highest BCUT2D eigenvalue weighted by Crippen LogP contribution is 2.51. The van der Waals surface area contributed by atoms with Gasteiger partial charge in [-0.3, -0.25) is 9.67 Å². The van der Waals surface area contributed by atoms with Gasteiger partial charge in [0.05, 0.1) is 6.20 Å². The van der Waals surface area contributed by atoms with E-state index < -0.39 is 0 Å². The van der Waals surface area contributed by atoms with Crippen molar-refractivity contribution in [1.29, 1.82) is 0 Å². The van der Waals surface area contributed by atoms with Gasteiger partial charge in [0.2, 0.25) is 0 Å². The van der Waals surface area contributed by atoms with Crippen molar-refractivity contribution >= 4 is 17.7 Å². The summed E-state index contributed by atoms with van der Waals surface area (Å²) in [7, 11) is 3.76. The molecule has 0 aliphatic heterocycles. The molecule has 2 aromatic rings. The van der Waals surface area contributed by atoms with Crippen molar-refractivity contribution in [2.24, 2.45) is 12.0 Å². The zero-order valence-corrected chi connectivity index (χ0v) is 15.1. The molecular formula is C18H25N5S. The average molecular weight is 344 g/mol. The number of aliphatic imine (C=N–C) groups is 1. The molecule has 0 bridgehead atoms. The van der Waals surface area contributed by atoms with Crippen LogP contribution >= 0.6 is 11.8 Å². The Balaban J connectivity index is 1.42. The summed E-state index contributed by atoms with van der Waals surface area (Å²) in [6.07, 6.45) is 7.41. The van der Waals surface area contributed by atoms with Crippen LogP contribution in [0.25, 0.3) is 0 Å². The molecule has 1 saturated carbocycles. The maximum atomic E-state index is 4.33. The van der Waals surface area contributed by atoms with E-state index >= 15 is 0 Å². The number of aromatic nitrogens is 2. The summed E-state index contributed by atoms with van der Waals surface area (Å²) < 4.78 is 2.16. The van der Waals surface area contributed by atoms with Crippen LogP contribution in [0.2, 0.25) is 0 Å². The van der Waals surface area contributed by atoms with Gasteiger partial charge in [0.1, 0.15) is 0 Å². The van der Waals surface area contributed by atoms with Crippen molar-refractivity contribution in [3.63, 3.8) is 0 Å². The second-order valence-corrected chi connectivity index (χ2v) is 7.76. The first kappa shape index (κ1) is 16.9. The minimum Gasteiger partial charge on any atom is -0.356 e. The first-order chi connectivity index (χ1) is 11.7. The van der Waals surface area contributed by atoms with Gasteiger partial charge in [-0.05, 0) is 37.0 Å². The van der Waals surface area contributed by atoms with Gasteiger partial charge in [0.15, 0.2) is 5.96 Å². The SMILES string of the molecule is CN=C(NCCc1cnn(C)c1)NCC1(Sc2ccccc2)CC1. The van der Waals surface area contributed by atoms with E-state index in [1.807, 2.05) is 42.9 Å². The van der Waals surface area contributed by atoms with Gasteiger partial charge in [0, 0.05) is 43.0 Å². The van der Waals surface area contributed by atoms with Crippen molar-refractivity contribution in [2.45, 2.75) is 28.9 Å². The first-order valence-electron chi connectivity index (χ1n) is 8.35. The van der Waals surface area contributed by atoms with E-state index in [4.69, 9.17) is 0 Å². The number of guanidine groups is 1. The van der Waals surface area contributed by atoms with E-state index in [9.17, 15) is 0 Å². The van der Waals surface area contributed by atoms with E-state index in [1.54, 1.807) is 0 Å². The van der Waals surface area contributed by atoms with Crippen LogP contribution in [-0.4, -0.2) is 40.6 Å². The molecule has 3 rings (SSSR count). The summed E-state index contributed by atoms with van der Waals surface area (Å²) in [5.41, 5.74) is 1.23. The standard InChI is InChI=1S/C18H25N5S/c1-19-17(20-11-8-15-12-22-23(2)13-15)21-14-18(9-10-18)24-16-6-4-3-5-7-16/h3-7,12-13H,8-11,14H2,1-2H3,(H2,19,20,21). The van der Waals surface area contributed by atoms with Gasteiger partial charge >= 0.3 is 0 Å². The van der Waals surface area contributed by atoms with E-state index in [-0.39, 0.29) is 0 Å². The zero-order chi connectivity index (χ0) is 16.8. The third kappa shape index (κ3) is 4.77. The smallest absolute Gasteiger partial charge is 0.191 e. The van der Waals surface area contributed by atoms with Crippen LogP contribution in [0.4, 0.5) is 0 Å². The fourth-order valence-corrected chi connectivity index (χ4v) is 3.83. The third-order valence-electron chi connectivity index (χ3n) is 4.15. The maximum absolute atomic E-state index is 4.33. The number of hydrogen-bond donors (Lipinski definition) is 2. The molecule has 1 fully saturated rings. The number of aryl methyl sites for hydroxylation is 1. The maximum Gasteiger partial charge on any atom is 0.191 e. The Kier molecular flexibility index (Phi) is 5.45. The highest BCUT2D eigenvalue weighted by Gasteiger charge is 2.43. The van der Waals surface area contributed by atoms with Crippen LogP contribution in [0.5, 0.6) is 0 Å². The molecule has 0 amide bonds. The van der Waals surface area contributed by atoms with Crippen molar-refractivity contribution < 1.29 is 0 Å². The Hall–Kier alpha value is -1.95. The molecule has 1 aliphatic rings. The van der Waals surface area contributed by atoms with E-state index in [1.165, 1.54) is 23.3 Å². The molecule has 1 aromatic heterocycles. The number of hydrogen-bond acceptors (Lipinski definition) is 3. The molecular weight excluding hydrogens is 318 g/mol. The summed E-state index contributed by atoms with van der Waals surface area (Å²) in [5, 5.41) is 11.1. The number of rotatable bonds is 7. The van der Waals surface area contributed by atoms with Gasteiger partial charge in [-0.2, -0.15) is 5.10 Å². The Morgan fingerprint density at radius 1 is 1.29 bits per heavy atom. The lowest BCUT2D eigenvalue weighted by molar-refractivity contribution is 0.757. The molecule has 128 valence electrons. The molecule has 2 N–H and O–H groups in total. The van der Waals surface area contributed by atoms with Gasteiger partial charge in [0.25, 0.3) is 0 Å². The molecule has 0 spiro atoms. The molecule has 5 nitrogen and oxygen atoms in total. The lowest BCUT2D eigenvalue weighted by atomic mass is 10.2. The van der Waals surface area contributed by atoms with Crippen molar-refractivity contribution in [2.75, 3.05) is 20.1 Å². The summed E-state index contributed by atoms with van der Waals surface area (Å²) >= 11 is 1.98. The number of thioether (sulfide) groups is 1. The van der Waals surface area contributed by atoms with E-state index in [0.717, 1.165) is 25.5 Å². The van der Waals surface area contributed by atoms with Gasteiger partial charge in [-0.25, -0.2) is 0 Å². The summed E-state index contributed by atoms with van der Waals surface area (Å²) in [4.78, 5) is 5.67. The van der Waals surface area contributed by atoms with Crippen LogP contribution in [0, 0.1) is 0 Å². The highest BCUT2D eigenvalue weighted by atomic mass is 32.2. The lowest BCUT2D eigenvalue weighted by Gasteiger charge is -2.18. The molecule has 0 radical (unpaired) electrons. The van der Waals surface area contributed by atoms with E-state index in [2.05, 4.69) is 51.1 Å². The lowest BCUT2D eigenvalue weighted by Crippen LogP contribution is -2.41. The minimum atomic E-state index is 0.322. The summed E-state index contributed by atoms with van der Waals surface area (Å²) in [6, 6.07) is 10.6. The Morgan fingerprint density at radius 2 is 2.08 bits per heavy atom. The fourth-order valence-electron chi connectivity index (χ4n) is 2.58. The topological polar surface area (TPSA) is 54.2 Å². The average Bonchev–Trinajstić information content (AvgIpc) is 3.23. The molecule has 0 unspecified atom stereocenters. The highest BCUT2D eigenvalue weighted by molar-refractivity contribution is 8.01. The second kappa shape index (κ2) is 7.75. The Labute approximate surface area is 147 Å². The normalized spacial score (nSPS) is 16.0. The van der Waals surface area contributed by atoms with Crippen LogP contribution < -0.4 is 10.6 Å². The Bertz CT molecular complexity index is 676. The van der Waals surface area contributed by atoms with Crippen LogP contribution in [-0.2, 0) is 13.5 Å². The molecule has 1 heterocycles. The molecule has 24 heavy (non-hydrogen) atoms. The predicted molar refractivity (Wildman–Crippen MR) is 101 cm³/mol. The molecule has 1 aliphatic carbocycles. The van der Waals surface area contributed by atoms with E-state index in [0.29, 0.717) is 4.75 Å². The number of benzene rings is 1. The monoisotopic (exact) mass is 343 g/mol. The largest absolute Gasteiger partial charge is 0.356 e. The summed E-state index contributed by atoms with van der Waals surface area (Å²) in [6.45, 7) is 1.79. The minimum absolute atomic E-state index is 0.322. The summed E-state index contributed by atoms with van der Waals surface area (Å²) in [5.74, 6) is 0.874. The second-order valence-electron chi connectivity index (χ2n) is 6.22. The molecule has 6 heteroatoms. The van der Waals surface area contributed by atoms with Gasteiger partial charge in [-0.15, -0.1) is 11.8 Å². The fraction of sp³-hybridized carbons (Fsp3) is 0.444. The van der Waals surface area contributed by atoms with Crippen LogP contribution in [0.1, 0.15) is 18.4 Å². The van der Waals surface area contributed by atoms with Gasteiger partial charge < -0.3 is 10.6 Å². The molecule has 0 saturated heterocycles. The van der Waals surface area contributed by atoms with Crippen LogP contribution in [0.15, 0.2) is 52.6 Å². The first-order valence-corrected chi connectivity index (χ1v) is 9.17. The molecule has 0 atom stereocenters. The zero-order valence-electron chi connectivity index (χ0n) is 14.3. The third-order valence-corrected chi connectivity index (χ3v) is 5.64. The predicted octanol–water partition coefficient (Wildman–Crippen LogP) is 2.45. The number of nitrogens with one attached hydrogen (secondary N) is 2. The quantitative estimate of drug-likeness (QED) is 0.599. The van der Waals surface area contributed by atoms with Crippen molar-refractivity contribution in [3.05, 3.63) is 48.3 Å². The Morgan fingerprint density at radius 3 is 2.71 bits per heavy atom.